The van der Waals surface area contributed by atoms with Crippen LogP contribution in [-0.2, 0) is 0 Å². The van der Waals surface area contributed by atoms with Crippen LogP contribution in [0.3, 0.4) is 0 Å². The summed E-state index contributed by atoms with van der Waals surface area (Å²) >= 11 is 0. The summed E-state index contributed by atoms with van der Waals surface area (Å²) in [6.07, 6.45) is 3.76. The Morgan fingerprint density at radius 3 is 3.25 bits per heavy atom. The van der Waals surface area contributed by atoms with Crippen LogP contribution in [-0.4, -0.2) is 30.9 Å². The van der Waals surface area contributed by atoms with Crippen LogP contribution in [0.15, 0.2) is 17.6 Å². The van der Waals surface area contributed by atoms with E-state index in [0.717, 1.165) is 19.6 Å². The summed E-state index contributed by atoms with van der Waals surface area (Å²) in [5.41, 5.74) is 0. The number of hydrogen-bond donors (Lipinski definition) is 0. The Labute approximate surface area is 49.5 Å². The van der Waals surface area contributed by atoms with Crippen LogP contribution >= 0.6 is 0 Å². The lowest BCUT2D eigenvalue weighted by Gasteiger charge is -2.08. The van der Waals surface area contributed by atoms with Crippen LogP contribution in [0.5, 0.6) is 0 Å². The molecule has 0 aliphatic carbocycles. The molecule has 0 radical (unpaired) electrons. The summed E-state index contributed by atoms with van der Waals surface area (Å²) in [5, 5.41) is 0. The largest absolute Gasteiger partial charge is 0.357 e. The second-order valence-corrected chi connectivity index (χ2v) is 1.81. The van der Waals surface area contributed by atoms with Gasteiger partial charge in [0.15, 0.2) is 0 Å². The van der Waals surface area contributed by atoms with Gasteiger partial charge in [0.2, 0.25) is 0 Å². The molecule has 0 bridgehead atoms. The zero-order valence-electron chi connectivity index (χ0n) is 4.88. The van der Waals surface area contributed by atoms with E-state index in [1.165, 1.54) is 0 Å². The van der Waals surface area contributed by atoms with Crippen LogP contribution in [0.1, 0.15) is 0 Å². The maximum atomic E-state index is 4.04. The average Bonchev–Trinajstić information content (AvgIpc) is 2.19. The normalized spacial score (nSPS) is 17.2. The quantitative estimate of drug-likeness (QED) is 0.473. The summed E-state index contributed by atoms with van der Waals surface area (Å²) in [4.78, 5) is 6.17. The summed E-state index contributed by atoms with van der Waals surface area (Å²) < 4.78 is 0. The van der Waals surface area contributed by atoms with E-state index in [-0.39, 0.29) is 0 Å². The molecule has 0 spiro atoms. The first kappa shape index (κ1) is 5.35. The van der Waals surface area contributed by atoms with Gasteiger partial charge >= 0.3 is 0 Å². The van der Waals surface area contributed by atoms with Gasteiger partial charge < -0.3 is 4.90 Å². The van der Waals surface area contributed by atoms with Crippen LogP contribution < -0.4 is 0 Å². The van der Waals surface area contributed by atoms with E-state index in [2.05, 4.69) is 16.5 Å². The molecular weight excluding hydrogens is 100 g/mol. The van der Waals surface area contributed by atoms with Gasteiger partial charge in [-0.25, -0.2) is 0 Å². The molecule has 0 aromatic rings. The first-order chi connectivity index (χ1) is 3.93. The molecule has 0 aromatic heterocycles. The molecule has 0 saturated heterocycles. The molecule has 0 fully saturated rings. The number of nitrogens with zero attached hydrogens (tertiary/aromatic N) is 2. The van der Waals surface area contributed by atoms with Crippen molar-refractivity contribution in [3.05, 3.63) is 12.7 Å². The van der Waals surface area contributed by atoms with Gasteiger partial charge in [0.25, 0.3) is 0 Å². The van der Waals surface area contributed by atoms with Crippen molar-refractivity contribution in [1.82, 2.24) is 4.90 Å². The molecule has 0 atom stereocenters. The number of aliphatic imine (C=N–C) groups is 1. The Bertz CT molecular complexity index is 107. The van der Waals surface area contributed by atoms with Crippen LogP contribution in [0.2, 0.25) is 0 Å². The molecule has 1 aliphatic heterocycles. The molecule has 2 heteroatoms. The summed E-state index contributed by atoms with van der Waals surface area (Å²) in [5.74, 6) is 0. The fourth-order valence-corrected chi connectivity index (χ4v) is 0.721. The van der Waals surface area contributed by atoms with Gasteiger partial charge in [0.1, 0.15) is 0 Å². The maximum absolute atomic E-state index is 4.04. The lowest BCUT2D eigenvalue weighted by atomic mass is 10.5. The lowest BCUT2D eigenvalue weighted by Crippen LogP contribution is -2.18. The van der Waals surface area contributed by atoms with Crippen LogP contribution in [0, 0.1) is 0 Å². The van der Waals surface area contributed by atoms with Crippen molar-refractivity contribution in [2.75, 3.05) is 19.6 Å². The highest BCUT2D eigenvalue weighted by molar-refractivity contribution is 5.57. The molecule has 0 saturated carbocycles. The average molecular weight is 110 g/mol. The van der Waals surface area contributed by atoms with Gasteiger partial charge in [-0.2, -0.15) is 0 Å². The molecule has 0 N–H and O–H groups in total. The van der Waals surface area contributed by atoms with Crippen molar-refractivity contribution >= 4 is 6.34 Å². The van der Waals surface area contributed by atoms with Crippen molar-refractivity contribution < 1.29 is 0 Å². The molecule has 0 amide bonds. The second-order valence-electron chi connectivity index (χ2n) is 1.81. The Morgan fingerprint density at radius 2 is 2.75 bits per heavy atom. The third-order valence-electron chi connectivity index (χ3n) is 1.12. The number of hydrogen-bond acceptors (Lipinski definition) is 2. The third kappa shape index (κ3) is 1.09. The molecule has 1 heterocycles. The minimum atomic E-state index is 0.934. The van der Waals surface area contributed by atoms with E-state index in [1.54, 1.807) is 0 Å². The molecule has 1 aliphatic rings. The second kappa shape index (κ2) is 2.50. The highest BCUT2D eigenvalue weighted by Crippen LogP contribution is 1.90. The van der Waals surface area contributed by atoms with E-state index in [4.69, 9.17) is 0 Å². The first-order valence-electron chi connectivity index (χ1n) is 2.78. The van der Waals surface area contributed by atoms with Crippen molar-refractivity contribution in [2.45, 2.75) is 0 Å². The SMILES string of the molecule is C=CCN1C=NCC1. The van der Waals surface area contributed by atoms with Gasteiger partial charge in [-0.05, 0) is 0 Å². The fourth-order valence-electron chi connectivity index (χ4n) is 0.721. The monoisotopic (exact) mass is 110 g/mol. The van der Waals surface area contributed by atoms with Crippen molar-refractivity contribution in [1.29, 1.82) is 0 Å². The van der Waals surface area contributed by atoms with E-state index < -0.39 is 0 Å². The minimum Gasteiger partial charge on any atom is -0.357 e. The summed E-state index contributed by atoms with van der Waals surface area (Å²) in [6, 6.07) is 0. The standard InChI is InChI=1S/C6H10N2/c1-2-4-8-5-3-7-6-8/h2,6H,1,3-5H2. The van der Waals surface area contributed by atoms with Gasteiger partial charge in [-0.1, -0.05) is 6.08 Å². The fraction of sp³-hybridized carbons (Fsp3) is 0.500. The predicted octanol–water partition coefficient (Wildman–Crippen LogP) is 0.516. The Kier molecular flexibility index (Phi) is 1.67. The molecule has 44 valence electrons. The van der Waals surface area contributed by atoms with E-state index in [9.17, 15) is 0 Å². The van der Waals surface area contributed by atoms with Crippen molar-refractivity contribution in [2.24, 2.45) is 4.99 Å². The van der Waals surface area contributed by atoms with Crippen LogP contribution in [0.25, 0.3) is 0 Å². The Hall–Kier alpha value is -0.790. The molecule has 8 heavy (non-hydrogen) atoms. The zero-order valence-corrected chi connectivity index (χ0v) is 4.88. The topological polar surface area (TPSA) is 15.6 Å². The highest BCUT2D eigenvalue weighted by Gasteiger charge is 1.99. The van der Waals surface area contributed by atoms with Gasteiger partial charge in [0.05, 0.1) is 12.9 Å². The minimum absolute atomic E-state index is 0.934. The van der Waals surface area contributed by atoms with Gasteiger partial charge in [-0.3, -0.25) is 4.99 Å². The van der Waals surface area contributed by atoms with Crippen molar-refractivity contribution in [3.8, 4) is 0 Å². The summed E-state index contributed by atoms with van der Waals surface area (Å²) in [6.45, 7) is 6.57. The molecule has 0 aromatic carbocycles. The van der Waals surface area contributed by atoms with E-state index >= 15 is 0 Å². The third-order valence-corrected chi connectivity index (χ3v) is 1.12. The van der Waals surface area contributed by atoms with Gasteiger partial charge in [0, 0.05) is 13.1 Å². The zero-order chi connectivity index (χ0) is 5.82. The highest BCUT2D eigenvalue weighted by atomic mass is 15.2. The van der Waals surface area contributed by atoms with E-state index in [1.807, 2.05) is 12.4 Å². The number of rotatable bonds is 2. The molecule has 2 nitrogen and oxygen atoms in total. The maximum Gasteiger partial charge on any atom is 0.0854 e. The first-order valence-corrected chi connectivity index (χ1v) is 2.78. The Morgan fingerprint density at radius 1 is 1.88 bits per heavy atom. The summed E-state index contributed by atoms with van der Waals surface area (Å²) in [7, 11) is 0. The molecule has 1 rings (SSSR count). The molecular formula is C6H10N2. The van der Waals surface area contributed by atoms with Crippen LogP contribution in [0.4, 0.5) is 0 Å². The Balaban J connectivity index is 2.25. The smallest absolute Gasteiger partial charge is 0.0854 e. The predicted molar refractivity (Wildman–Crippen MR) is 35.1 cm³/mol. The van der Waals surface area contributed by atoms with Crippen molar-refractivity contribution in [3.63, 3.8) is 0 Å². The molecule has 0 unspecified atom stereocenters. The lowest BCUT2D eigenvalue weighted by molar-refractivity contribution is 0.519. The van der Waals surface area contributed by atoms with E-state index in [0.29, 0.717) is 0 Å². The van der Waals surface area contributed by atoms with Gasteiger partial charge in [-0.15, -0.1) is 6.58 Å².